The molecule has 24 heteroatoms. The minimum atomic E-state index is -1.55. The highest BCUT2D eigenvalue weighted by Gasteiger charge is 2.48. The van der Waals surface area contributed by atoms with E-state index in [4.69, 9.17) is 34.0 Å². The van der Waals surface area contributed by atoms with Crippen molar-refractivity contribution < 1.29 is 32.0 Å². The van der Waals surface area contributed by atoms with Crippen molar-refractivity contribution in [1.29, 1.82) is 0 Å². The molecule has 2 aliphatic rings. The van der Waals surface area contributed by atoms with Gasteiger partial charge in [0, 0.05) is 15.4 Å². The van der Waals surface area contributed by atoms with Crippen LogP contribution in [-0.4, -0.2) is 105 Å². The maximum atomic E-state index is 15.7. The molecule has 10 atom stereocenters. The molecule has 0 aromatic carbocycles. The second-order valence-corrected chi connectivity index (χ2v) is 12.1. The Hall–Kier alpha value is -2.39. The number of thiol groups is 1. The van der Waals surface area contributed by atoms with Gasteiger partial charge in [0.25, 0.3) is 5.56 Å². The maximum absolute atomic E-state index is 15.7. The Kier molecular flexibility index (Phi) is 9.20. The molecular formula is C19H25FN12O7P2S2. The molecule has 2 fully saturated rings. The van der Waals surface area contributed by atoms with Gasteiger partial charge in [0.2, 0.25) is 5.95 Å². The average molecular weight is 679 g/mol. The van der Waals surface area contributed by atoms with E-state index >= 15 is 4.39 Å². The molecule has 0 amide bonds. The fraction of sp³-hybridized carbons (Fsp3) is 0.579. The van der Waals surface area contributed by atoms with Crippen LogP contribution in [0.15, 0.2) is 11.1 Å². The van der Waals surface area contributed by atoms with E-state index in [0.29, 0.717) is 0 Å². The number of H-pyrrole nitrogens is 1. The molecule has 2 aliphatic heterocycles. The molecule has 19 nitrogen and oxygen atoms in total. The van der Waals surface area contributed by atoms with Crippen molar-refractivity contribution in [1.82, 2.24) is 49.9 Å². The lowest BCUT2D eigenvalue weighted by Crippen LogP contribution is -2.34. The third kappa shape index (κ3) is 5.76. The quantitative estimate of drug-likeness (QED) is 0.0570. The van der Waals surface area contributed by atoms with Gasteiger partial charge >= 0.3 is 0 Å². The van der Waals surface area contributed by atoms with Gasteiger partial charge in [0.05, 0.1) is 37.3 Å². The number of nitrogens with two attached hydrogens (primary N) is 2. The first-order chi connectivity index (χ1) is 20.8. The van der Waals surface area contributed by atoms with Gasteiger partial charge in [0.1, 0.15) is 17.8 Å². The third-order valence-electron chi connectivity index (χ3n) is 6.93. The molecule has 0 radical (unpaired) electrons. The number of aromatic amines is 1. The summed E-state index contributed by atoms with van der Waals surface area (Å²) < 4.78 is 45.9. The zero-order chi connectivity index (χ0) is 30.2. The van der Waals surface area contributed by atoms with Gasteiger partial charge in [0.15, 0.2) is 49.6 Å². The number of hydrogen-bond acceptors (Lipinski definition) is 18. The van der Waals surface area contributed by atoms with Crippen molar-refractivity contribution in [3.63, 3.8) is 0 Å². The Morgan fingerprint density at radius 2 is 1.93 bits per heavy atom. The van der Waals surface area contributed by atoms with Crippen LogP contribution in [0, 0.1) is 5.92 Å². The van der Waals surface area contributed by atoms with E-state index in [9.17, 15) is 9.90 Å². The predicted octanol–water partition coefficient (Wildman–Crippen LogP) is -0.681. The van der Waals surface area contributed by atoms with Crippen molar-refractivity contribution in [2.45, 2.75) is 41.3 Å². The number of aliphatic hydroxyl groups is 1. The first-order valence-electron chi connectivity index (χ1n) is 12.5. The summed E-state index contributed by atoms with van der Waals surface area (Å²) in [5, 5.41) is 25.5. The molecule has 0 spiro atoms. The highest BCUT2D eigenvalue weighted by molar-refractivity contribution is 8.00. The number of anilines is 2. The van der Waals surface area contributed by atoms with Crippen LogP contribution < -0.4 is 17.0 Å². The lowest BCUT2D eigenvalue weighted by Gasteiger charge is -2.19. The van der Waals surface area contributed by atoms with E-state index in [1.807, 2.05) is 0 Å². The van der Waals surface area contributed by atoms with Crippen LogP contribution in [0.25, 0.3) is 22.3 Å². The van der Waals surface area contributed by atoms with Crippen molar-refractivity contribution in [2.75, 3.05) is 31.3 Å². The number of nitrogens with one attached hydrogen (secondary N) is 1. The number of aliphatic hydroxyl groups excluding tert-OH is 1. The predicted molar refractivity (Wildman–Crippen MR) is 156 cm³/mol. The summed E-state index contributed by atoms with van der Waals surface area (Å²) in [6, 6.07) is 0. The molecule has 6 N–H and O–H groups in total. The second-order valence-electron chi connectivity index (χ2n) is 9.46. The molecule has 6 heterocycles. The summed E-state index contributed by atoms with van der Waals surface area (Å²) in [5.74, 6) is -0.731. The van der Waals surface area contributed by atoms with E-state index in [2.05, 4.69) is 62.9 Å². The second kappa shape index (κ2) is 12.9. The van der Waals surface area contributed by atoms with E-state index < -0.39 is 61.8 Å². The number of nitrogen functional groups attached to an aromatic ring is 2. The van der Waals surface area contributed by atoms with Gasteiger partial charge in [-0.2, -0.15) is 9.67 Å². The molecule has 4 aromatic heterocycles. The third-order valence-corrected chi connectivity index (χ3v) is 9.45. The van der Waals surface area contributed by atoms with Crippen molar-refractivity contribution >= 4 is 77.3 Å². The van der Waals surface area contributed by atoms with E-state index in [1.165, 1.54) is 27.5 Å². The normalized spacial score (nSPS) is 29.6. The standard InChI is InChI=1S/C19H25FN12O7P2S2/c20-8-5(6(2-35-40)38-17(8)31-14-9(27-29-31)13(21)23-4-24-14)1-36-41-37-3-7-11(33)12(39-42)18(43-7)32-15-10(28-30-32)16(34)26-19(22)25-15/h4-8,11-12,17-18,33,41-42H,1-3,40H2,(H2,21,23,24)(H3,22,25,26,34)/t5-,6-,7-,8+,11-,12-,17-,18-/m1/s1. The molecule has 0 bridgehead atoms. The zero-order valence-electron chi connectivity index (χ0n) is 21.7. The number of halogens is 1. The maximum Gasteiger partial charge on any atom is 0.282 e. The fourth-order valence-corrected chi connectivity index (χ4v) is 7.53. The SMILES string of the molecule is Nc1nc2c(nnn2[C@@H]2S[C@H](COPOC[C@H]3[C@H](F)[C@H](n4nnc5c(N)ncnc54)O[C@@H]3COP)[C@@H](O)[C@H]2OS)c(=O)[nH]1. The number of fused-ring (bicyclic) bond motifs is 2. The lowest BCUT2D eigenvalue weighted by molar-refractivity contribution is -0.0400. The van der Waals surface area contributed by atoms with Gasteiger partial charge in [-0.3, -0.25) is 9.78 Å². The highest BCUT2D eigenvalue weighted by atomic mass is 32.2. The van der Waals surface area contributed by atoms with Gasteiger partial charge in [-0.25, -0.2) is 19.0 Å². The van der Waals surface area contributed by atoms with E-state index in [0.717, 1.165) is 0 Å². The molecule has 2 unspecified atom stereocenters. The summed E-state index contributed by atoms with van der Waals surface area (Å²) in [4.78, 5) is 26.6. The number of aromatic nitrogens is 10. The minimum Gasteiger partial charge on any atom is -0.389 e. The van der Waals surface area contributed by atoms with Crippen LogP contribution in [0.2, 0.25) is 0 Å². The number of alkyl halides is 1. The zero-order valence-corrected chi connectivity index (χ0v) is 25.6. The van der Waals surface area contributed by atoms with Gasteiger partial charge in [-0.15, -0.1) is 22.0 Å². The summed E-state index contributed by atoms with van der Waals surface area (Å²) in [6.07, 6.45) is -4.01. The Labute approximate surface area is 254 Å². The first-order valence-corrected chi connectivity index (χ1v) is 15.1. The van der Waals surface area contributed by atoms with Crippen molar-refractivity contribution in [3.05, 3.63) is 16.7 Å². The highest BCUT2D eigenvalue weighted by Crippen LogP contribution is 2.45. The molecule has 4 aromatic rings. The van der Waals surface area contributed by atoms with Gasteiger partial charge < -0.3 is 39.1 Å². The number of rotatable bonds is 11. The van der Waals surface area contributed by atoms with Crippen LogP contribution in [0.1, 0.15) is 11.6 Å². The van der Waals surface area contributed by atoms with E-state index in [-0.39, 0.29) is 53.9 Å². The Bertz CT molecular complexity index is 1650. The summed E-state index contributed by atoms with van der Waals surface area (Å²) in [7, 11) is 1.62. The first kappa shape index (κ1) is 30.6. The van der Waals surface area contributed by atoms with Gasteiger partial charge in [-0.1, -0.05) is 10.4 Å². The summed E-state index contributed by atoms with van der Waals surface area (Å²) >= 11 is 5.17. The smallest absolute Gasteiger partial charge is 0.282 e. The Morgan fingerprint density at radius 1 is 1.16 bits per heavy atom. The molecule has 232 valence electrons. The number of hydrogen-bond donors (Lipinski definition) is 5. The average Bonchev–Trinajstić information content (AvgIpc) is 3.74. The van der Waals surface area contributed by atoms with Crippen molar-refractivity contribution in [2.24, 2.45) is 5.92 Å². The molecule has 6 rings (SSSR count). The van der Waals surface area contributed by atoms with Gasteiger partial charge in [-0.05, 0) is 12.9 Å². The van der Waals surface area contributed by atoms with Crippen LogP contribution in [0.3, 0.4) is 0 Å². The van der Waals surface area contributed by atoms with Crippen LogP contribution >= 0.6 is 43.2 Å². The fourth-order valence-electron chi connectivity index (χ4n) is 4.86. The lowest BCUT2D eigenvalue weighted by atomic mass is 10.0. The Morgan fingerprint density at radius 3 is 2.72 bits per heavy atom. The topological polar surface area (TPSA) is 251 Å². The molecule has 0 aliphatic carbocycles. The summed E-state index contributed by atoms with van der Waals surface area (Å²) in [5.41, 5.74) is 11.5. The molecule has 2 saturated heterocycles. The monoisotopic (exact) mass is 678 g/mol. The number of nitrogens with zero attached hydrogens (tertiary/aromatic N) is 9. The molecule has 0 saturated carbocycles. The Balaban J connectivity index is 1.06. The largest absolute Gasteiger partial charge is 0.389 e. The minimum absolute atomic E-state index is 0.0131. The van der Waals surface area contributed by atoms with Crippen LogP contribution in [-0.2, 0) is 22.5 Å². The number of ether oxygens (including phenoxy) is 1. The van der Waals surface area contributed by atoms with Crippen LogP contribution in [0.5, 0.6) is 0 Å². The summed E-state index contributed by atoms with van der Waals surface area (Å²) in [6.45, 7) is 0.0604. The van der Waals surface area contributed by atoms with E-state index in [1.54, 1.807) is 0 Å². The van der Waals surface area contributed by atoms with Crippen LogP contribution in [0.4, 0.5) is 16.2 Å². The number of thioether (sulfide) groups is 1. The molecular weight excluding hydrogens is 653 g/mol. The van der Waals surface area contributed by atoms with Crippen molar-refractivity contribution in [3.8, 4) is 0 Å². The molecule has 43 heavy (non-hydrogen) atoms.